The van der Waals surface area contributed by atoms with Crippen molar-refractivity contribution < 1.29 is 19.4 Å². The highest BCUT2D eigenvalue weighted by molar-refractivity contribution is 5.85. The average molecular weight is 333 g/mol. The Morgan fingerprint density at radius 3 is 2.42 bits per heavy atom. The minimum Gasteiger partial charge on any atom is -0.493 e. The molecule has 1 fully saturated rings. The predicted octanol–water partition coefficient (Wildman–Crippen LogP) is 3.03. The van der Waals surface area contributed by atoms with Crippen LogP contribution in [-0.4, -0.2) is 30.1 Å². The number of benzene rings is 1. The zero-order chi connectivity index (χ0) is 17.6. The number of carboxylic acid groups (broad SMARTS) is 1. The molecular formula is C19H27NO4. The highest BCUT2D eigenvalue weighted by Gasteiger charge is 2.45. The summed E-state index contributed by atoms with van der Waals surface area (Å²) in [6.07, 6.45) is 2.91. The van der Waals surface area contributed by atoms with Gasteiger partial charge in [-0.25, -0.2) is 0 Å². The third kappa shape index (κ3) is 4.98. The van der Waals surface area contributed by atoms with Crippen molar-refractivity contribution in [1.29, 1.82) is 0 Å². The summed E-state index contributed by atoms with van der Waals surface area (Å²) in [5.41, 5.74) is 0.295. The quantitative estimate of drug-likeness (QED) is 0.728. The van der Waals surface area contributed by atoms with Crippen LogP contribution in [0.2, 0.25) is 0 Å². The minimum absolute atomic E-state index is 0.0876. The van der Waals surface area contributed by atoms with E-state index in [2.05, 4.69) is 19.2 Å². The van der Waals surface area contributed by atoms with Crippen LogP contribution in [-0.2, 0) is 16.0 Å². The van der Waals surface area contributed by atoms with E-state index >= 15 is 0 Å². The molecule has 1 aromatic carbocycles. The van der Waals surface area contributed by atoms with Gasteiger partial charge in [-0.15, -0.1) is 0 Å². The Morgan fingerprint density at radius 2 is 1.92 bits per heavy atom. The van der Waals surface area contributed by atoms with Crippen LogP contribution in [0, 0.1) is 11.3 Å². The molecule has 5 nitrogen and oxygen atoms in total. The van der Waals surface area contributed by atoms with Gasteiger partial charge in [0.25, 0.3) is 0 Å². The van der Waals surface area contributed by atoms with Crippen LogP contribution in [0.25, 0.3) is 0 Å². The summed E-state index contributed by atoms with van der Waals surface area (Å²) in [6.45, 7) is 5.42. The van der Waals surface area contributed by atoms with Crippen molar-refractivity contribution in [3.63, 3.8) is 0 Å². The average Bonchev–Trinajstić information content (AvgIpc) is 2.49. The summed E-state index contributed by atoms with van der Waals surface area (Å²) in [6, 6.07) is 7.86. The van der Waals surface area contributed by atoms with Crippen LogP contribution in [0.1, 0.15) is 45.1 Å². The molecule has 5 heteroatoms. The molecule has 0 aromatic heterocycles. The van der Waals surface area contributed by atoms with E-state index in [1.807, 2.05) is 24.3 Å². The third-order valence-electron chi connectivity index (χ3n) is 4.51. The Bertz CT molecular complexity index is 561. The van der Waals surface area contributed by atoms with Crippen molar-refractivity contribution >= 4 is 11.9 Å². The molecule has 0 radical (unpaired) electrons. The van der Waals surface area contributed by atoms with Crippen molar-refractivity contribution in [3.8, 4) is 5.75 Å². The van der Waals surface area contributed by atoms with E-state index in [9.17, 15) is 14.7 Å². The lowest BCUT2D eigenvalue weighted by molar-refractivity contribution is -0.157. The number of rotatable bonds is 9. The second-order valence-electron chi connectivity index (χ2n) is 7.06. The fourth-order valence-electron chi connectivity index (χ4n) is 2.80. The van der Waals surface area contributed by atoms with Gasteiger partial charge in [-0.2, -0.15) is 0 Å². The van der Waals surface area contributed by atoms with Crippen molar-refractivity contribution in [1.82, 2.24) is 5.32 Å². The molecule has 2 rings (SSSR count). The van der Waals surface area contributed by atoms with Gasteiger partial charge in [-0.1, -0.05) is 32.4 Å². The van der Waals surface area contributed by atoms with Crippen LogP contribution in [0.5, 0.6) is 5.75 Å². The summed E-state index contributed by atoms with van der Waals surface area (Å²) < 4.78 is 5.64. The zero-order valence-corrected chi connectivity index (χ0v) is 14.5. The molecule has 24 heavy (non-hydrogen) atoms. The van der Waals surface area contributed by atoms with Gasteiger partial charge in [0.2, 0.25) is 5.91 Å². The van der Waals surface area contributed by atoms with E-state index in [4.69, 9.17) is 4.74 Å². The topological polar surface area (TPSA) is 75.6 Å². The molecule has 0 atom stereocenters. The standard InChI is InChI=1S/C19H27NO4/c1-14(2)13-24-16-6-4-15(5-7-16)8-11-20-17(21)12-19(18(22)23)9-3-10-19/h4-7,14H,3,8-13H2,1-2H3,(H,20,21)(H,22,23). The Hall–Kier alpha value is -2.04. The lowest BCUT2D eigenvalue weighted by Crippen LogP contribution is -2.42. The molecule has 1 saturated carbocycles. The highest BCUT2D eigenvalue weighted by atomic mass is 16.5. The summed E-state index contributed by atoms with van der Waals surface area (Å²) in [5, 5.41) is 12.1. The Kier molecular flexibility index (Phi) is 6.23. The maximum atomic E-state index is 12.0. The van der Waals surface area contributed by atoms with Gasteiger partial charge in [0.1, 0.15) is 5.75 Å². The molecule has 132 valence electrons. The second kappa shape index (κ2) is 8.18. The maximum absolute atomic E-state index is 12.0. The first-order valence-electron chi connectivity index (χ1n) is 8.63. The Balaban J connectivity index is 1.71. The van der Waals surface area contributed by atoms with E-state index in [1.54, 1.807) is 0 Å². The van der Waals surface area contributed by atoms with E-state index in [0.717, 1.165) is 24.2 Å². The van der Waals surface area contributed by atoms with E-state index in [0.29, 0.717) is 31.9 Å². The van der Waals surface area contributed by atoms with E-state index in [1.165, 1.54) is 0 Å². The fourth-order valence-corrected chi connectivity index (χ4v) is 2.80. The largest absolute Gasteiger partial charge is 0.493 e. The number of carbonyl (C=O) groups is 2. The lowest BCUT2D eigenvalue weighted by Gasteiger charge is -2.36. The normalized spacial score (nSPS) is 15.6. The number of hydrogen-bond donors (Lipinski definition) is 2. The number of carbonyl (C=O) groups excluding carboxylic acids is 1. The molecule has 2 N–H and O–H groups in total. The Morgan fingerprint density at radius 1 is 1.25 bits per heavy atom. The first kappa shape index (κ1) is 18.3. The van der Waals surface area contributed by atoms with Gasteiger partial charge in [0.15, 0.2) is 0 Å². The predicted molar refractivity (Wildman–Crippen MR) is 92.0 cm³/mol. The number of aliphatic carboxylic acids is 1. The van der Waals surface area contributed by atoms with Crippen LogP contribution in [0.4, 0.5) is 0 Å². The molecular weight excluding hydrogens is 306 g/mol. The molecule has 1 aromatic rings. The first-order valence-corrected chi connectivity index (χ1v) is 8.63. The van der Waals surface area contributed by atoms with E-state index in [-0.39, 0.29) is 12.3 Å². The van der Waals surface area contributed by atoms with Crippen molar-refractivity contribution in [2.45, 2.75) is 46.0 Å². The molecule has 0 aliphatic heterocycles. The van der Waals surface area contributed by atoms with Gasteiger partial charge in [-0.3, -0.25) is 9.59 Å². The monoisotopic (exact) mass is 333 g/mol. The summed E-state index contributed by atoms with van der Waals surface area (Å²) >= 11 is 0. The van der Waals surface area contributed by atoms with Crippen LogP contribution >= 0.6 is 0 Å². The molecule has 1 aliphatic rings. The maximum Gasteiger partial charge on any atom is 0.310 e. The number of amides is 1. The SMILES string of the molecule is CC(C)COc1ccc(CCNC(=O)CC2(C(=O)O)CCC2)cc1. The fraction of sp³-hybridized carbons (Fsp3) is 0.579. The molecule has 1 amide bonds. The number of carboxylic acids is 1. The number of nitrogens with one attached hydrogen (secondary N) is 1. The summed E-state index contributed by atoms with van der Waals surface area (Å²) in [5.74, 6) is 0.324. The molecule has 0 bridgehead atoms. The van der Waals surface area contributed by atoms with Crippen LogP contribution < -0.4 is 10.1 Å². The van der Waals surface area contributed by atoms with Crippen molar-refractivity contribution in [2.24, 2.45) is 11.3 Å². The van der Waals surface area contributed by atoms with Gasteiger partial charge >= 0.3 is 5.97 Å². The molecule has 0 spiro atoms. The lowest BCUT2D eigenvalue weighted by atomic mass is 9.66. The van der Waals surface area contributed by atoms with Gasteiger partial charge in [0.05, 0.1) is 12.0 Å². The minimum atomic E-state index is -0.846. The number of hydrogen-bond acceptors (Lipinski definition) is 3. The molecule has 0 saturated heterocycles. The highest BCUT2D eigenvalue weighted by Crippen LogP contribution is 2.44. The first-order chi connectivity index (χ1) is 11.4. The van der Waals surface area contributed by atoms with Crippen molar-refractivity contribution in [3.05, 3.63) is 29.8 Å². The van der Waals surface area contributed by atoms with Crippen LogP contribution in [0.15, 0.2) is 24.3 Å². The Labute approximate surface area is 143 Å². The van der Waals surface area contributed by atoms with E-state index < -0.39 is 11.4 Å². The summed E-state index contributed by atoms with van der Waals surface area (Å²) in [7, 11) is 0. The third-order valence-corrected chi connectivity index (χ3v) is 4.51. The number of ether oxygens (including phenoxy) is 1. The smallest absolute Gasteiger partial charge is 0.310 e. The van der Waals surface area contributed by atoms with Crippen LogP contribution in [0.3, 0.4) is 0 Å². The summed E-state index contributed by atoms with van der Waals surface area (Å²) in [4.78, 5) is 23.2. The van der Waals surface area contributed by atoms with Gasteiger partial charge in [-0.05, 0) is 42.9 Å². The van der Waals surface area contributed by atoms with Crippen molar-refractivity contribution in [2.75, 3.05) is 13.2 Å². The van der Waals surface area contributed by atoms with Gasteiger partial charge < -0.3 is 15.2 Å². The zero-order valence-electron chi connectivity index (χ0n) is 14.5. The van der Waals surface area contributed by atoms with Gasteiger partial charge in [0, 0.05) is 13.0 Å². The molecule has 1 aliphatic carbocycles. The molecule has 0 unspecified atom stereocenters. The second-order valence-corrected chi connectivity index (χ2v) is 7.06. The molecule has 0 heterocycles.